The summed E-state index contributed by atoms with van der Waals surface area (Å²) in [5, 5.41) is 17.3. The van der Waals surface area contributed by atoms with E-state index in [-0.39, 0.29) is 12.3 Å². The van der Waals surface area contributed by atoms with Gasteiger partial charge >= 0.3 is 11.9 Å². The molecule has 2 N–H and O–H groups in total. The molecule has 0 fully saturated rings. The summed E-state index contributed by atoms with van der Waals surface area (Å²) in [6.45, 7) is 0. The van der Waals surface area contributed by atoms with Crippen molar-refractivity contribution in [3.8, 4) is 0 Å². The van der Waals surface area contributed by atoms with E-state index in [1.54, 1.807) is 0 Å². The minimum Gasteiger partial charge on any atom is -0.481 e. The average Bonchev–Trinajstić information content (AvgIpc) is 2.54. The van der Waals surface area contributed by atoms with Crippen LogP contribution in [0.25, 0.3) is 0 Å². The molecule has 4 heteroatoms. The zero-order valence-electron chi connectivity index (χ0n) is 7.59. The number of aliphatic carboxylic acids is 2. The van der Waals surface area contributed by atoms with Crippen molar-refractivity contribution < 1.29 is 19.8 Å². The Hall–Kier alpha value is -1.58. The van der Waals surface area contributed by atoms with Crippen LogP contribution in [-0.2, 0) is 9.59 Å². The normalized spacial score (nSPS) is 17.1. The molecule has 0 aromatic heterocycles. The van der Waals surface area contributed by atoms with E-state index in [1.807, 2.05) is 24.3 Å². The highest BCUT2D eigenvalue weighted by Gasteiger charge is 2.23. The third-order valence-corrected chi connectivity index (χ3v) is 2.15. The molecule has 0 saturated carbocycles. The quantitative estimate of drug-likeness (QED) is 0.694. The van der Waals surface area contributed by atoms with E-state index >= 15 is 0 Å². The average molecular weight is 196 g/mol. The van der Waals surface area contributed by atoms with E-state index in [9.17, 15) is 9.59 Å². The highest BCUT2D eigenvalue weighted by Crippen LogP contribution is 2.21. The number of carboxylic acid groups (broad SMARTS) is 2. The first-order valence-corrected chi connectivity index (χ1v) is 4.39. The van der Waals surface area contributed by atoms with E-state index < -0.39 is 17.9 Å². The van der Waals surface area contributed by atoms with Crippen LogP contribution in [0.4, 0.5) is 0 Å². The van der Waals surface area contributed by atoms with E-state index in [4.69, 9.17) is 10.2 Å². The standard InChI is InChI=1S/C10H12O4/c11-9(12)6-8(10(13)14)5-7-3-1-2-4-7/h1-4,7-8H,5-6H2,(H,11,12)(H,13,14). The van der Waals surface area contributed by atoms with Crippen molar-refractivity contribution in [3.63, 3.8) is 0 Å². The maximum Gasteiger partial charge on any atom is 0.307 e. The second-order valence-electron chi connectivity index (χ2n) is 3.30. The van der Waals surface area contributed by atoms with Gasteiger partial charge in [0.2, 0.25) is 0 Å². The molecule has 4 nitrogen and oxygen atoms in total. The van der Waals surface area contributed by atoms with Crippen molar-refractivity contribution in [2.75, 3.05) is 0 Å². The monoisotopic (exact) mass is 196 g/mol. The Balaban J connectivity index is 2.50. The van der Waals surface area contributed by atoms with Crippen LogP contribution in [0.5, 0.6) is 0 Å². The van der Waals surface area contributed by atoms with Crippen LogP contribution in [0, 0.1) is 11.8 Å². The summed E-state index contributed by atoms with van der Waals surface area (Å²) in [5.74, 6) is -2.84. The summed E-state index contributed by atoms with van der Waals surface area (Å²) < 4.78 is 0. The highest BCUT2D eigenvalue weighted by atomic mass is 16.4. The first-order valence-electron chi connectivity index (χ1n) is 4.39. The molecule has 0 spiro atoms. The van der Waals surface area contributed by atoms with Crippen LogP contribution in [0.15, 0.2) is 24.3 Å². The smallest absolute Gasteiger partial charge is 0.307 e. The summed E-state index contributed by atoms with van der Waals surface area (Å²) >= 11 is 0. The summed E-state index contributed by atoms with van der Waals surface area (Å²) in [7, 11) is 0. The van der Waals surface area contributed by atoms with Gasteiger partial charge in [-0.25, -0.2) is 0 Å². The Morgan fingerprint density at radius 1 is 1.21 bits per heavy atom. The lowest BCUT2D eigenvalue weighted by atomic mass is 9.93. The van der Waals surface area contributed by atoms with Gasteiger partial charge in [0.05, 0.1) is 12.3 Å². The van der Waals surface area contributed by atoms with Crippen molar-refractivity contribution in [2.45, 2.75) is 12.8 Å². The zero-order chi connectivity index (χ0) is 10.6. The molecule has 0 aromatic rings. The van der Waals surface area contributed by atoms with Crippen LogP contribution >= 0.6 is 0 Å². The minimum absolute atomic E-state index is 0.0652. The summed E-state index contributed by atoms with van der Waals surface area (Å²) in [6, 6.07) is 0. The molecule has 14 heavy (non-hydrogen) atoms. The number of carboxylic acids is 2. The van der Waals surface area contributed by atoms with Gasteiger partial charge in [-0.1, -0.05) is 24.3 Å². The van der Waals surface area contributed by atoms with Crippen molar-refractivity contribution in [3.05, 3.63) is 24.3 Å². The molecule has 0 heterocycles. The molecule has 0 radical (unpaired) electrons. The van der Waals surface area contributed by atoms with Gasteiger partial charge < -0.3 is 10.2 Å². The molecule has 1 aliphatic carbocycles. The SMILES string of the molecule is O=C(O)CC(CC1C=CC=C1)C(=O)O. The Labute approximate surface area is 81.6 Å². The largest absolute Gasteiger partial charge is 0.481 e. The number of hydrogen-bond donors (Lipinski definition) is 2. The van der Waals surface area contributed by atoms with Crippen molar-refractivity contribution in [2.24, 2.45) is 11.8 Å². The fourth-order valence-corrected chi connectivity index (χ4v) is 1.45. The number of allylic oxidation sites excluding steroid dienone is 4. The van der Waals surface area contributed by atoms with Crippen LogP contribution in [-0.4, -0.2) is 22.2 Å². The molecule has 76 valence electrons. The molecule has 0 aliphatic heterocycles. The third-order valence-electron chi connectivity index (χ3n) is 2.15. The predicted molar refractivity (Wildman–Crippen MR) is 49.8 cm³/mol. The van der Waals surface area contributed by atoms with Crippen LogP contribution in [0.1, 0.15) is 12.8 Å². The molecule has 1 aliphatic rings. The number of rotatable bonds is 5. The third kappa shape index (κ3) is 3.05. The van der Waals surface area contributed by atoms with Gasteiger partial charge in [0.15, 0.2) is 0 Å². The van der Waals surface area contributed by atoms with Gasteiger partial charge in [0.1, 0.15) is 0 Å². The van der Waals surface area contributed by atoms with Crippen LogP contribution < -0.4 is 0 Å². The van der Waals surface area contributed by atoms with Gasteiger partial charge in [-0.2, -0.15) is 0 Å². The fraction of sp³-hybridized carbons (Fsp3) is 0.400. The molecule has 0 aromatic carbocycles. The van der Waals surface area contributed by atoms with Gasteiger partial charge in [-0.3, -0.25) is 9.59 Å². The Bertz CT molecular complexity index is 278. The van der Waals surface area contributed by atoms with Crippen LogP contribution in [0.2, 0.25) is 0 Å². The van der Waals surface area contributed by atoms with Crippen LogP contribution in [0.3, 0.4) is 0 Å². The van der Waals surface area contributed by atoms with E-state index in [1.165, 1.54) is 0 Å². The van der Waals surface area contributed by atoms with E-state index in [0.717, 1.165) is 0 Å². The number of hydrogen-bond acceptors (Lipinski definition) is 2. The van der Waals surface area contributed by atoms with Gasteiger partial charge in [0, 0.05) is 0 Å². The molecule has 1 rings (SSSR count). The maximum absolute atomic E-state index is 10.7. The minimum atomic E-state index is -1.07. The second kappa shape index (κ2) is 4.60. The summed E-state index contributed by atoms with van der Waals surface area (Å²) in [4.78, 5) is 21.1. The molecule has 1 unspecified atom stereocenters. The van der Waals surface area contributed by atoms with Crippen molar-refractivity contribution in [1.82, 2.24) is 0 Å². The summed E-state index contributed by atoms with van der Waals surface area (Å²) in [5.41, 5.74) is 0. The Morgan fingerprint density at radius 2 is 1.79 bits per heavy atom. The van der Waals surface area contributed by atoms with Crippen molar-refractivity contribution >= 4 is 11.9 Å². The fourth-order valence-electron chi connectivity index (χ4n) is 1.45. The first-order chi connectivity index (χ1) is 6.59. The maximum atomic E-state index is 10.7. The molecule has 0 bridgehead atoms. The molecular weight excluding hydrogens is 184 g/mol. The lowest BCUT2D eigenvalue weighted by molar-refractivity contribution is -0.148. The van der Waals surface area contributed by atoms with E-state index in [2.05, 4.69) is 0 Å². The molecule has 0 amide bonds. The Morgan fingerprint density at radius 3 is 2.21 bits per heavy atom. The van der Waals surface area contributed by atoms with Crippen molar-refractivity contribution in [1.29, 1.82) is 0 Å². The van der Waals surface area contributed by atoms with Gasteiger partial charge in [-0.15, -0.1) is 0 Å². The van der Waals surface area contributed by atoms with Gasteiger partial charge in [-0.05, 0) is 12.3 Å². The van der Waals surface area contributed by atoms with E-state index in [0.29, 0.717) is 6.42 Å². The lowest BCUT2D eigenvalue weighted by Crippen LogP contribution is -2.19. The molecule has 0 saturated heterocycles. The predicted octanol–water partition coefficient (Wildman–Crippen LogP) is 1.29. The summed E-state index contributed by atoms with van der Waals surface area (Å²) in [6.07, 6.45) is 7.46. The lowest BCUT2D eigenvalue weighted by Gasteiger charge is -2.12. The second-order valence-corrected chi connectivity index (χ2v) is 3.30. The zero-order valence-corrected chi connectivity index (χ0v) is 7.59. The Kier molecular flexibility index (Phi) is 3.45. The van der Waals surface area contributed by atoms with Gasteiger partial charge in [0.25, 0.3) is 0 Å². The molecule has 1 atom stereocenters. The first kappa shape index (κ1) is 10.5. The molecular formula is C10H12O4. The number of carbonyl (C=O) groups is 2. The topological polar surface area (TPSA) is 74.6 Å². The highest BCUT2D eigenvalue weighted by molar-refractivity contribution is 5.77.